The third-order valence-electron chi connectivity index (χ3n) is 10.6. The SMILES string of the molecule is COC(=O)NC1=C2/C(=C/CSSSC)[C@](O)(C#C/C=C/C#C[C@@H]2O[C@@H]2O[C@H](C)[C@@H](NO[C@H]3C[C@H](O)[C@H](SC)[C@@H](C)O3)[C@H](O)[C@H]2O[C@H]2C[C@H](OC)[C@@H](NC(C)C)CO2)[C@H](O)C1=O. The first kappa shape index (κ1) is 50.2. The molecular weight excluding hydrogens is 875 g/mol. The van der Waals surface area contributed by atoms with Gasteiger partial charge in [0.2, 0.25) is 5.78 Å². The second kappa shape index (κ2) is 23.4. The second-order valence-electron chi connectivity index (χ2n) is 15.0. The van der Waals surface area contributed by atoms with Crippen molar-refractivity contribution in [1.82, 2.24) is 16.1 Å². The Morgan fingerprint density at radius 1 is 1.07 bits per heavy atom. The van der Waals surface area contributed by atoms with Gasteiger partial charge in [0, 0.05) is 42.9 Å². The van der Waals surface area contributed by atoms with Crippen LogP contribution in [-0.2, 0) is 42.8 Å². The van der Waals surface area contributed by atoms with Crippen LogP contribution in [0.2, 0.25) is 0 Å². The molecule has 5 rings (SSSR count). The molecule has 7 N–H and O–H groups in total. The summed E-state index contributed by atoms with van der Waals surface area (Å²) >= 11 is 1.50. The molecule has 0 saturated carbocycles. The number of ketones is 1. The standard InChI is InChI=1S/C40H57N3O14S4/c1-20(2)41-24-19-52-28(18-27(24)50-5)56-35-33(45)31(43-57-29-17-25(44)36(58-7)22(4)53-29)21(3)54-38(35)55-26-13-11-9-10-12-15-40(49)23(14-16-60-61-59-8)30(26)32(34(46)37(40)47)42-39(48)51-6/h9-10,14,20-22,24-29,31,33,35-38,41,43-45,47,49H,16-19H2,1-8H3,(H,42,48)/b10-9+,23-14-/t21-,22-,24+,25+,26+,27+,28+,29+,31-,33+,35-,36-,37-,38+,40-/m1/s1. The van der Waals surface area contributed by atoms with E-state index in [9.17, 15) is 30.0 Å². The minimum Gasteiger partial charge on any atom is -0.453 e. The van der Waals surface area contributed by atoms with Gasteiger partial charge >= 0.3 is 6.09 Å². The van der Waals surface area contributed by atoms with E-state index in [1.54, 1.807) is 20.1 Å². The minimum atomic E-state index is -2.47. The first-order valence-electron chi connectivity index (χ1n) is 19.7. The van der Waals surface area contributed by atoms with E-state index in [4.69, 9.17) is 38.0 Å². The highest BCUT2D eigenvalue weighted by Gasteiger charge is 2.54. The first-order chi connectivity index (χ1) is 29.2. The van der Waals surface area contributed by atoms with E-state index in [-0.39, 0.29) is 65.9 Å². The van der Waals surface area contributed by atoms with Crippen LogP contribution in [0.5, 0.6) is 0 Å². The van der Waals surface area contributed by atoms with Crippen molar-refractivity contribution in [2.45, 2.75) is 137 Å². The van der Waals surface area contributed by atoms with E-state index < -0.39 is 84.7 Å². The third kappa shape index (κ3) is 12.3. The van der Waals surface area contributed by atoms with Gasteiger partial charge in [0.15, 0.2) is 30.6 Å². The van der Waals surface area contributed by atoms with Gasteiger partial charge in [-0.1, -0.05) is 65.2 Å². The van der Waals surface area contributed by atoms with E-state index in [0.29, 0.717) is 0 Å². The minimum absolute atomic E-state index is 0.0491. The Morgan fingerprint density at radius 3 is 2.49 bits per heavy atom. The number of Topliss-reactive ketones (excluding diaryl/α,β-unsaturated/α-hetero) is 1. The molecule has 5 aliphatic rings. The normalized spacial score (nSPS) is 38.9. The van der Waals surface area contributed by atoms with Crippen LogP contribution in [0.3, 0.4) is 0 Å². The zero-order chi connectivity index (χ0) is 44.4. The van der Waals surface area contributed by atoms with E-state index in [0.717, 1.165) is 7.11 Å². The van der Waals surface area contributed by atoms with Crippen molar-refractivity contribution in [3.05, 3.63) is 35.1 Å². The van der Waals surface area contributed by atoms with E-state index in [2.05, 4.69) is 39.8 Å². The van der Waals surface area contributed by atoms with Crippen LogP contribution in [0.15, 0.2) is 35.1 Å². The van der Waals surface area contributed by atoms with Gasteiger partial charge in [-0.15, -0.1) is 0 Å². The Hall–Kier alpha value is -1.84. The molecule has 17 nitrogen and oxygen atoms in total. The predicted molar refractivity (Wildman–Crippen MR) is 232 cm³/mol. The predicted octanol–water partition coefficient (Wildman–Crippen LogP) is 1.55. The molecule has 340 valence electrons. The number of rotatable bonds is 16. The van der Waals surface area contributed by atoms with Crippen molar-refractivity contribution in [3.63, 3.8) is 0 Å². The number of carbonyl (C=O) groups excluding carboxylic acids is 2. The average molecular weight is 932 g/mol. The zero-order valence-electron chi connectivity index (χ0n) is 35.2. The lowest BCUT2D eigenvalue weighted by atomic mass is 9.73. The van der Waals surface area contributed by atoms with Crippen LogP contribution >= 0.6 is 43.2 Å². The first-order valence-corrected chi connectivity index (χ1v) is 25.1. The number of thioether (sulfide) groups is 1. The number of fused-ring (bicyclic) bond motifs is 2. The van der Waals surface area contributed by atoms with Crippen molar-refractivity contribution in [3.8, 4) is 23.7 Å². The molecule has 21 heteroatoms. The van der Waals surface area contributed by atoms with Crippen molar-refractivity contribution >= 4 is 55.1 Å². The number of methoxy groups -OCH3 is 2. The number of ether oxygens (including phenoxy) is 7. The molecule has 0 aromatic carbocycles. The number of alkyl carbamates (subject to hydrolysis) is 1. The summed E-state index contributed by atoms with van der Waals surface area (Å²) in [6, 6.07) is -0.964. The van der Waals surface area contributed by atoms with E-state index in [1.807, 2.05) is 33.3 Å². The van der Waals surface area contributed by atoms with Crippen molar-refractivity contribution < 1.29 is 68.0 Å². The lowest BCUT2D eigenvalue weighted by Gasteiger charge is -2.47. The number of hydrogen-bond donors (Lipinski definition) is 7. The van der Waals surface area contributed by atoms with Crippen LogP contribution in [0.4, 0.5) is 4.79 Å². The van der Waals surface area contributed by atoms with Crippen molar-refractivity contribution in [1.29, 1.82) is 0 Å². The van der Waals surface area contributed by atoms with Gasteiger partial charge in [-0.2, -0.15) is 17.2 Å². The van der Waals surface area contributed by atoms with Crippen LogP contribution in [0.25, 0.3) is 0 Å². The molecule has 0 aromatic heterocycles. The quantitative estimate of drug-likeness (QED) is 0.0505. The molecular formula is C40H57N3O14S4. The van der Waals surface area contributed by atoms with Gasteiger partial charge in [-0.05, 0) is 48.3 Å². The maximum Gasteiger partial charge on any atom is 0.411 e. The van der Waals surface area contributed by atoms with Crippen LogP contribution in [-0.4, -0.2) is 168 Å². The summed E-state index contributed by atoms with van der Waals surface area (Å²) in [5, 5.41) is 52.2. The van der Waals surface area contributed by atoms with Gasteiger partial charge in [-0.3, -0.25) is 14.9 Å². The molecule has 0 spiro atoms. The number of amides is 1. The number of hydroxylamine groups is 1. The maximum absolute atomic E-state index is 14.0. The number of carbonyl (C=O) groups is 2. The highest BCUT2D eigenvalue weighted by Crippen LogP contribution is 2.41. The van der Waals surface area contributed by atoms with Gasteiger partial charge in [0.05, 0.1) is 61.2 Å². The molecule has 61 heavy (non-hydrogen) atoms. The Morgan fingerprint density at radius 2 is 1.82 bits per heavy atom. The average Bonchev–Trinajstić information content (AvgIpc) is 3.22. The number of aliphatic hydroxyl groups excluding tert-OH is 3. The van der Waals surface area contributed by atoms with Crippen LogP contribution < -0.4 is 16.1 Å². The summed E-state index contributed by atoms with van der Waals surface area (Å²) in [6.45, 7) is 7.77. The van der Waals surface area contributed by atoms with Crippen molar-refractivity contribution in [2.75, 3.05) is 39.1 Å². The van der Waals surface area contributed by atoms with Crippen molar-refractivity contribution in [2.24, 2.45) is 0 Å². The highest BCUT2D eigenvalue weighted by atomic mass is 33.5. The Bertz CT molecular complexity index is 1740. The van der Waals surface area contributed by atoms with Gasteiger partial charge in [-0.25, -0.2) is 4.79 Å². The van der Waals surface area contributed by atoms with Gasteiger partial charge in [0.1, 0.15) is 18.3 Å². The molecule has 3 heterocycles. The van der Waals surface area contributed by atoms with E-state index >= 15 is 0 Å². The number of nitrogens with one attached hydrogen (secondary N) is 3. The number of hydrogen-bond acceptors (Lipinski definition) is 20. The Labute approximate surface area is 372 Å². The summed E-state index contributed by atoms with van der Waals surface area (Å²) in [7, 11) is 7.06. The molecule has 15 atom stereocenters. The number of allylic oxidation sites excluding steroid dienone is 2. The molecule has 0 radical (unpaired) electrons. The summed E-state index contributed by atoms with van der Waals surface area (Å²) < 4.78 is 42.5. The van der Waals surface area contributed by atoms with Gasteiger partial charge in [0.25, 0.3) is 0 Å². The highest BCUT2D eigenvalue weighted by molar-refractivity contribution is 9.09. The lowest BCUT2D eigenvalue weighted by molar-refractivity contribution is -0.336. The molecule has 3 fully saturated rings. The Kier molecular flexibility index (Phi) is 19.2. The fourth-order valence-corrected chi connectivity index (χ4v) is 10.9. The smallest absolute Gasteiger partial charge is 0.411 e. The molecule has 1 amide bonds. The summed E-state index contributed by atoms with van der Waals surface area (Å²) in [5.74, 6) is 10.3. The van der Waals surface area contributed by atoms with Gasteiger partial charge < -0.3 is 58.9 Å². The maximum atomic E-state index is 14.0. The molecule has 2 aliphatic carbocycles. The largest absolute Gasteiger partial charge is 0.453 e. The van der Waals surface area contributed by atoms with E-state index in [1.165, 1.54) is 55.3 Å². The Balaban J connectivity index is 1.54. The molecule has 0 unspecified atom stereocenters. The fraction of sp³-hybridized carbons (Fsp3) is 0.700. The summed E-state index contributed by atoms with van der Waals surface area (Å²) in [6.07, 6.45) is -4.36. The monoisotopic (exact) mass is 931 g/mol. The molecule has 3 aliphatic heterocycles. The molecule has 3 saturated heterocycles. The molecule has 2 bridgehead atoms. The lowest BCUT2D eigenvalue weighted by Crippen LogP contribution is -2.65. The molecule has 0 aromatic rings. The van der Waals surface area contributed by atoms with Crippen LogP contribution in [0.1, 0.15) is 40.5 Å². The van der Waals surface area contributed by atoms with Crippen LogP contribution in [0, 0.1) is 23.7 Å². The second-order valence-corrected chi connectivity index (χ2v) is 20.4. The number of aliphatic hydroxyl groups is 4. The summed E-state index contributed by atoms with van der Waals surface area (Å²) in [5.41, 5.74) is -0.201. The third-order valence-corrected chi connectivity index (χ3v) is 15.5. The zero-order valence-corrected chi connectivity index (χ0v) is 38.5. The fourth-order valence-electron chi connectivity index (χ4n) is 7.65. The summed E-state index contributed by atoms with van der Waals surface area (Å²) in [4.78, 5) is 32.7. The topological polar surface area (TPSA) is 225 Å².